The van der Waals surface area contributed by atoms with Gasteiger partial charge in [0.1, 0.15) is 11.0 Å². The van der Waals surface area contributed by atoms with Gasteiger partial charge in [0, 0.05) is 18.7 Å². The molecule has 2 aromatic heterocycles. The van der Waals surface area contributed by atoms with Gasteiger partial charge in [-0.2, -0.15) is 0 Å². The molecule has 0 amide bonds. The second kappa shape index (κ2) is 5.16. The van der Waals surface area contributed by atoms with Crippen LogP contribution in [0.2, 0.25) is 0 Å². The Balaban J connectivity index is 1.67. The number of fused-ring (bicyclic) bond motifs is 1. The third-order valence-corrected chi connectivity index (χ3v) is 2.98. The zero-order valence-corrected chi connectivity index (χ0v) is 10.9. The summed E-state index contributed by atoms with van der Waals surface area (Å²) in [5.74, 6) is -0.795. The summed E-state index contributed by atoms with van der Waals surface area (Å²) < 4.78 is 1.20. The summed E-state index contributed by atoms with van der Waals surface area (Å²) in [4.78, 5) is 17.9. The molecule has 2 heterocycles. The summed E-state index contributed by atoms with van der Waals surface area (Å²) in [6.45, 7) is 0.0934. The van der Waals surface area contributed by atoms with E-state index in [1.807, 2.05) is 0 Å². The van der Waals surface area contributed by atoms with Crippen LogP contribution in [0.4, 0.5) is 0 Å². The molecule has 2 N–H and O–H groups in total. The molecule has 0 saturated carbocycles. The highest BCUT2D eigenvalue weighted by molar-refractivity contribution is 5.75. The molecule has 8 heteroatoms. The summed E-state index contributed by atoms with van der Waals surface area (Å²) in [6, 6.07) is 9.75. The van der Waals surface area contributed by atoms with Crippen LogP contribution in [0.15, 0.2) is 36.4 Å². The summed E-state index contributed by atoms with van der Waals surface area (Å²) >= 11 is 0. The van der Waals surface area contributed by atoms with E-state index in [0.717, 1.165) is 4.85 Å². The lowest BCUT2D eigenvalue weighted by atomic mass is 10.3. The van der Waals surface area contributed by atoms with Crippen molar-refractivity contribution >= 4 is 17.0 Å². The minimum atomic E-state index is -0.557. The van der Waals surface area contributed by atoms with E-state index >= 15 is 0 Å². The molecule has 8 nitrogen and oxygen atoms in total. The van der Waals surface area contributed by atoms with Gasteiger partial charge in [0.05, 0.1) is 6.42 Å². The van der Waals surface area contributed by atoms with Gasteiger partial charge < -0.3 is 15.1 Å². The molecule has 0 aliphatic heterocycles. The zero-order chi connectivity index (χ0) is 14.8. The number of hydrogen-bond donors (Lipinski definition) is 2. The number of benzene rings is 1. The lowest BCUT2D eigenvalue weighted by Crippen LogP contribution is -2.22. The molecule has 0 radical (unpaired) electrons. The van der Waals surface area contributed by atoms with Crippen molar-refractivity contribution in [1.82, 2.24) is 19.7 Å². The molecule has 0 spiro atoms. The predicted octanol–water partition coefficient (Wildman–Crippen LogP) is 0.689. The molecule has 0 bridgehead atoms. The van der Waals surface area contributed by atoms with Crippen LogP contribution in [0.25, 0.3) is 11.0 Å². The van der Waals surface area contributed by atoms with E-state index in [2.05, 4.69) is 10.3 Å². The van der Waals surface area contributed by atoms with Crippen LogP contribution in [-0.4, -0.2) is 35.9 Å². The maximum atomic E-state index is 11.8. The molecule has 1 aromatic carbocycles. The predicted molar refractivity (Wildman–Crippen MR) is 71.5 cm³/mol. The zero-order valence-electron chi connectivity index (χ0n) is 10.9. The van der Waals surface area contributed by atoms with Gasteiger partial charge in [-0.15, -0.1) is 5.10 Å². The van der Waals surface area contributed by atoms with Gasteiger partial charge in [-0.25, -0.2) is 4.79 Å². The maximum Gasteiger partial charge on any atom is 0.336 e. The Bertz CT molecular complexity index is 773. The summed E-state index contributed by atoms with van der Waals surface area (Å²) in [5.41, 5.74) is 1.20. The molecular formula is C13H12N4O4. The number of carbonyl (C=O) groups excluding carboxylic acids is 1. The van der Waals surface area contributed by atoms with E-state index in [0.29, 0.717) is 11.0 Å². The molecule has 108 valence electrons. The summed E-state index contributed by atoms with van der Waals surface area (Å²) in [7, 11) is 0. The fourth-order valence-corrected chi connectivity index (χ4v) is 1.94. The van der Waals surface area contributed by atoms with E-state index in [9.17, 15) is 15.0 Å². The monoisotopic (exact) mass is 288 g/mol. The average Bonchev–Trinajstić information content (AvgIpc) is 3.02. The van der Waals surface area contributed by atoms with Crippen molar-refractivity contribution in [3.05, 3.63) is 36.4 Å². The number of carbonyl (C=O) groups is 1. The van der Waals surface area contributed by atoms with Crippen molar-refractivity contribution < 1.29 is 19.8 Å². The Kier molecular flexibility index (Phi) is 3.19. The van der Waals surface area contributed by atoms with E-state index in [1.54, 1.807) is 24.3 Å². The molecule has 0 atom stereocenters. The lowest BCUT2D eigenvalue weighted by molar-refractivity contribution is -0.145. The Morgan fingerprint density at radius 3 is 2.62 bits per heavy atom. The first-order valence-electron chi connectivity index (χ1n) is 6.24. The van der Waals surface area contributed by atoms with Crippen molar-refractivity contribution in [2.75, 3.05) is 0 Å². The standard InChI is InChI=1S/C13H12N4O4/c18-11-5-6-12(19)16(11)8-7-13(20)21-17-10-4-2-1-3-9(10)14-15-17/h1-6,18-19H,7-8H2. The van der Waals surface area contributed by atoms with Gasteiger partial charge >= 0.3 is 5.97 Å². The first kappa shape index (κ1) is 13.0. The highest BCUT2D eigenvalue weighted by atomic mass is 16.7. The molecule has 0 fully saturated rings. The molecule has 3 aromatic rings. The van der Waals surface area contributed by atoms with Gasteiger partial charge in [0.15, 0.2) is 11.8 Å². The highest BCUT2D eigenvalue weighted by Crippen LogP contribution is 2.21. The first-order chi connectivity index (χ1) is 10.1. The molecule has 0 saturated heterocycles. The van der Waals surface area contributed by atoms with Gasteiger partial charge in [0.2, 0.25) is 0 Å². The minimum absolute atomic E-state index is 0.0377. The van der Waals surface area contributed by atoms with Gasteiger partial charge in [0.25, 0.3) is 0 Å². The molecule has 3 rings (SSSR count). The van der Waals surface area contributed by atoms with E-state index in [-0.39, 0.29) is 24.7 Å². The first-order valence-corrected chi connectivity index (χ1v) is 6.24. The fourth-order valence-electron chi connectivity index (χ4n) is 1.94. The Hall–Kier alpha value is -3.03. The van der Waals surface area contributed by atoms with Crippen LogP contribution in [0.5, 0.6) is 11.8 Å². The van der Waals surface area contributed by atoms with Crippen LogP contribution >= 0.6 is 0 Å². The number of rotatable bonds is 4. The Labute approximate surface area is 118 Å². The number of aromatic hydroxyl groups is 2. The lowest BCUT2D eigenvalue weighted by Gasteiger charge is -2.06. The normalized spacial score (nSPS) is 10.9. The van der Waals surface area contributed by atoms with Gasteiger partial charge in [-0.05, 0) is 17.3 Å². The van der Waals surface area contributed by atoms with Crippen molar-refractivity contribution in [1.29, 1.82) is 0 Å². The molecule has 0 unspecified atom stereocenters. The van der Waals surface area contributed by atoms with E-state index in [4.69, 9.17) is 4.84 Å². The van der Waals surface area contributed by atoms with Crippen LogP contribution in [-0.2, 0) is 11.3 Å². The second-order valence-electron chi connectivity index (χ2n) is 4.37. The third kappa shape index (κ3) is 2.50. The number of hydrogen-bond acceptors (Lipinski definition) is 6. The summed E-state index contributed by atoms with van der Waals surface area (Å²) in [5, 5.41) is 26.5. The Morgan fingerprint density at radius 2 is 1.86 bits per heavy atom. The fraction of sp³-hybridized carbons (Fsp3) is 0.154. The second-order valence-corrected chi connectivity index (χ2v) is 4.37. The molecular weight excluding hydrogens is 276 g/mol. The Morgan fingerprint density at radius 1 is 1.14 bits per heavy atom. The van der Waals surface area contributed by atoms with Crippen molar-refractivity contribution in [3.63, 3.8) is 0 Å². The van der Waals surface area contributed by atoms with E-state index < -0.39 is 5.97 Å². The van der Waals surface area contributed by atoms with Crippen molar-refractivity contribution in [2.45, 2.75) is 13.0 Å². The smallest absolute Gasteiger partial charge is 0.336 e. The summed E-state index contributed by atoms with van der Waals surface area (Å²) in [6.07, 6.45) is -0.0377. The number of aromatic nitrogens is 4. The minimum Gasteiger partial charge on any atom is -0.494 e. The average molecular weight is 288 g/mol. The van der Waals surface area contributed by atoms with Gasteiger partial charge in [-0.1, -0.05) is 17.0 Å². The largest absolute Gasteiger partial charge is 0.494 e. The molecule has 0 aliphatic carbocycles. The highest BCUT2D eigenvalue weighted by Gasteiger charge is 2.12. The SMILES string of the molecule is O=C(CCn1c(O)ccc1O)On1nnc2ccccc21. The van der Waals surface area contributed by atoms with Gasteiger partial charge in [-0.3, -0.25) is 4.57 Å². The number of nitrogens with zero attached hydrogens (tertiary/aromatic N) is 4. The van der Waals surface area contributed by atoms with Crippen LogP contribution in [0.3, 0.4) is 0 Å². The van der Waals surface area contributed by atoms with E-state index in [1.165, 1.54) is 16.7 Å². The van der Waals surface area contributed by atoms with Crippen LogP contribution < -0.4 is 4.84 Å². The van der Waals surface area contributed by atoms with Crippen molar-refractivity contribution in [3.8, 4) is 11.8 Å². The van der Waals surface area contributed by atoms with Crippen LogP contribution in [0, 0.1) is 0 Å². The van der Waals surface area contributed by atoms with Crippen molar-refractivity contribution in [2.24, 2.45) is 0 Å². The molecule has 21 heavy (non-hydrogen) atoms. The topological polar surface area (TPSA) is 102 Å². The third-order valence-electron chi connectivity index (χ3n) is 2.98. The quantitative estimate of drug-likeness (QED) is 0.685. The maximum absolute atomic E-state index is 11.8. The number of para-hydroxylation sites is 1. The molecule has 0 aliphatic rings. The van der Waals surface area contributed by atoms with Crippen LogP contribution in [0.1, 0.15) is 6.42 Å².